The van der Waals surface area contributed by atoms with Gasteiger partial charge in [-0.1, -0.05) is 36.4 Å². The Kier molecular flexibility index (Phi) is 5.95. The van der Waals surface area contributed by atoms with Crippen molar-refractivity contribution in [3.05, 3.63) is 59.7 Å². The van der Waals surface area contributed by atoms with Gasteiger partial charge in [0, 0.05) is 25.6 Å². The Morgan fingerprint density at radius 1 is 1.08 bits per heavy atom. The van der Waals surface area contributed by atoms with Gasteiger partial charge in [-0.05, 0) is 42.6 Å². The van der Waals surface area contributed by atoms with Crippen molar-refractivity contribution < 1.29 is 9.47 Å². The van der Waals surface area contributed by atoms with Crippen molar-refractivity contribution in [1.29, 1.82) is 0 Å². The Labute approximate surface area is 150 Å². The van der Waals surface area contributed by atoms with Crippen LogP contribution in [-0.2, 0) is 6.54 Å². The summed E-state index contributed by atoms with van der Waals surface area (Å²) in [6.45, 7) is 6.33. The van der Waals surface area contributed by atoms with Crippen LogP contribution < -0.4 is 15.2 Å². The van der Waals surface area contributed by atoms with Crippen LogP contribution >= 0.6 is 0 Å². The number of methoxy groups -OCH3 is 1. The number of ether oxygens (including phenoxy) is 2. The maximum absolute atomic E-state index is 6.06. The van der Waals surface area contributed by atoms with Crippen LogP contribution in [0.1, 0.15) is 24.0 Å². The first-order valence-corrected chi connectivity index (χ1v) is 9.02. The van der Waals surface area contributed by atoms with Gasteiger partial charge in [0.1, 0.15) is 0 Å². The Morgan fingerprint density at radius 2 is 1.88 bits per heavy atom. The molecule has 4 nitrogen and oxygen atoms in total. The highest BCUT2D eigenvalue weighted by Crippen LogP contribution is 2.34. The molecule has 2 atom stereocenters. The van der Waals surface area contributed by atoms with E-state index in [1.165, 1.54) is 11.1 Å². The van der Waals surface area contributed by atoms with E-state index in [0.717, 1.165) is 37.7 Å². The van der Waals surface area contributed by atoms with Gasteiger partial charge < -0.3 is 15.2 Å². The van der Waals surface area contributed by atoms with Crippen molar-refractivity contribution in [1.82, 2.24) is 4.90 Å². The first-order valence-electron chi connectivity index (χ1n) is 9.02. The first-order chi connectivity index (χ1) is 12.2. The first kappa shape index (κ1) is 17.8. The molecule has 1 fully saturated rings. The van der Waals surface area contributed by atoms with Gasteiger partial charge in [0.2, 0.25) is 0 Å². The molecule has 2 aromatic carbocycles. The minimum absolute atomic E-state index is 0.506. The highest BCUT2D eigenvalue weighted by atomic mass is 16.5. The number of benzene rings is 2. The SMILES string of the molecule is CCOc1cc(CN2C[C@@H](CN)[C@H](c3ccccc3)C2)ccc1OC. The molecule has 1 aliphatic heterocycles. The van der Waals surface area contributed by atoms with Crippen molar-refractivity contribution in [3.63, 3.8) is 0 Å². The van der Waals surface area contributed by atoms with E-state index in [1.807, 2.05) is 13.0 Å². The minimum Gasteiger partial charge on any atom is -0.493 e. The Balaban J connectivity index is 1.72. The van der Waals surface area contributed by atoms with E-state index in [4.69, 9.17) is 15.2 Å². The standard InChI is InChI=1S/C21H28N2O2/c1-3-25-21-11-16(9-10-20(21)24-2)13-23-14-18(12-22)19(15-23)17-7-5-4-6-8-17/h4-11,18-19H,3,12-15,22H2,1-2H3/t18-,19+/m1/s1. The molecule has 0 aliphatic carbocycles. The van der Waals surface area contributed by atoms with Crippen LogP contribution in [-0.4, -0.2) is 38.3 Å². The molecule has 0 amide bonds. The number of rotatable bonds is 7. The molecule has 1 saturated heterocycles. The fourth-order valence-electron chi connectivity index (χ4n) is 3.75. The van der Waals surface area contributed by atoms with E-state index < -0.39 is 0 Å². The zero-order valence-corrected chi connectivity index (χ0v) is 15.2. The predicted molar refractivity (Wildman–Crippen MR) is 101 cm³/mol. The molecular formula is C21H28N2O2. The normalized spacial score (nSPS) is 20.6. The van der Waals surface area contributed by atoms with Gasteiger partial charge >= 0.3 is 0 Å². The van der Waals surface area contributed by atoms with Gasteiger partial charge in [-0.2, -0.15) is 0 Å². The molecule has 0 unspecified atom stereocenters. The van der Waals surface area contributed by atoms with Crippen LogP contribution in [0.2, 0.25) is 0 Å². The minimum atomic E-state index is 0.506. The third-order valence-corrected chi connectivity index (χ3v) is 4.98. The number of nitrogens with two attached hydrogens (primary N) is 1. The van der Waals surface area contributed by atoms with Crippen LogP contribution in [0.4, 0.5) is 0 Å². The fraction of sp³-hybridized carbons (Fsp3) is 0.429. The highest BCUT2D eigenvalue weighted by molar-refractivity contribution is 5.43. The molecular weight excluding hydrogens is 312 g/mol. The van der Waals surface area contributed by atoms with Gasteiger partial charge in [-0.3, -0.25) is 4.90 Å². The maximum atomic E-state index is 6.06. The summed E-state index contributed by atoms with van der Waals surface area (Å²) in [6.07, 6.45) is 0. The number of hydrogen-bond donors (Lipinski definition) is 1. The lowest BCUT2D eigenvalue weighted by atomic mass is 9.89. The van der Waals surface area contributed by atoms with Crippen molar-refractivity contribution in [2.24, 2.45) is 11.7 Å². The van der Waals surface area contributed by atoms with Crippen molar-refractivity contribution in [3.8, 4) is 11.5 Å². The predicted octanol–water partition coefficient (Wildman–Crippen LogP) is 3.27. The lowest BCUT2D eigenvalue weighted by Gasteiger charge is -2.18. The molecule has 1 heterocycles. The summed E-state index contributed by atoms with van der Waals surface area (Å²) in [4.78, 5) is 2.49. The molecule has 25 heavy (non-hydrogen) atoms. The van der Waals surface area contributed by atoms with Crippen LogP contribution in [0.5, 0.6) is 11.5 Å². The monoisotopic (exact) mass is 340 g/mol. The maximum Gasteiger partial charge on any atom is 0.161 e. The summed E-state index contributed by atoms with van der Waals surface area (Å²) < 4.78 is 11.1. The zero-order chi connectivity index (χ0) is 17.6. The summed E-state index contributed by atoms with van der Waals surface area (Å²) in [5.74, 6) is 2.62. The third-order valence-electron chi connectivity index (χ3n) is 4.98. The van der Waals surface area contributed by atoms with E-state index >= 15 is 0 Å². The highest BCUT2D eigenvalue weighted by Gasteiger charge is 2.32. The Bertz CT molecular complexity index is 675. The van der Waals surface area contributed by atoms with E-state index in [0.29, 0.717) is 18.4 Å². The Morgan fingerprint density at radius 3 is 2.56 bits per heavy atom. The average molecular weight is 340 g/mol. The van der Waals surface area contributed by atoms with Crippen LogP contribution in [0.15, 0.2) is 48.5 Å². The van der Waals surface area contributed by atoms with Gasteiger partial charge in [-0.15, -0.1) is 0 Å². The lowest BCUT2D eigenvalue weighted by Crippen LogP contribution is -2.23. The number of likely N-dealkylation sites (tertiary alicyclic amines) is 1. The average Bonchev–Trinajstić information content (AvgIpc) is 3.06. The molecule has 4 heteroatoms. The second-order valence-corrected chi connectivity index (χ2v) is 6.63. The third kappa shape index (κ3) is 4.14. The van der Waals surface area contributed by atoms with E-state index in [1.54, 1.807) is 7.11 Å². The second kappa shape index (κ2) is 8.37. The summed E-state index contributed by atoms with van der Waals surface area (Å²) in [5, 5.41) is 0. The molecule has 0 saturated carbocycles. The number of hydrogen-bond acceptors (Lipinski definition) is 4. The van der Waals surface area contributed by atoms with E-state index in [9.17, 15) is 0 Å². The van der Waals surface area contributed by atoms with Crippen molar-refractivity contribution >= 4 is 0 Å². The van der Waals surface area contributed by atoms with Gasteiger partial charge in [-0.25, -0.2) is 0 Å². The molecule has 0 spiro atoms. The summed E-state index contributed by atoms with van der Waals surface area (Å²) in [7, 11) is 1.67. The molecule has 1 aliphatic rings. The summed E-state index contributed by atoms with van der Waals surface area (Å²) in [6, 6.07) is 16.9. The molecule has 2 N–H and O–H groups in total. The van der Waals surface area contributed by atoms with Crippen LogP contribution in [0, 0.1) is 5.92 Å². The number of nitrogens with zero attached hydrogens (tertiary/aromatic N) is 1. The van der Waals surface area contributed by atoms with Crippen molar-refractivity contribution in [2.75, 3.05) is 33.4 Å². The van der Waals surface area contributed by atoms with Gasteiger partial charge in [0.05, 0.1) is 13.7 Å². The molecule has 3 rings (SSSR count). The van der Waals surface area contributed by atoms with Gasteiger partial charge in [0.25, 0.3) is 0 Å². The smallest absolute Gasteiger partial charge is 0.161 e. The summed E-state index contributed by atoms with van der Waals surface area (Å²) in [5.41, 5.74) is 8.69. The Hall–Kier alpha value is -2.04. The topological polar surface area (TPSA) is 47.7 Å². The molecule has 2 aromatic rings. The molecule has 0 radical (unpaired) electrons. The van der Waals surface area contributed by atoms with Crippen LogP contribution in [0.3, 0.4) is 0 Å². The molecule has 134 valence electrons. The largest absolute Gasteiger partial charge is 0.493 e. The summed E-state index contributed by atoms with van der Waals surface area (Å²) >= 11 is 0. The van der Waals surface area contributed by atoms with Crippen molar-refractivity contribution in [2.45, 2.75) is 19.4 Å². The van der Waals surface area contributed by atoms with Crippen LogP contribution in [0.25, 0.3) is 0 Å². The van der Waals surface area contributed by atoms with E-state index in [-0.39, 0.29) is 0 Å². The molecule has 0 bridgehead atoms. The zero-order valence-electron chi connectivity index (χ0n) is 15.2. The molecule has 0 aromatic heterocycles. The fourth-order valence-corrected chi connectivity index (χ4v) is 3.75. The lowest BCUT2D eigenvalue weighted by molar-refractivity contribution is 0.303. The quantitative estimate of drug-likeness (QED) is 0.840. The second-order valence-electron chi connectivity index (χ2n) is 6.63. The van der Waals surface area contributed by atoms with E-state index in [2.05, 4.69) is 47.4 Å². The van der Waals surface area contributed by atoms with Gasteiger partial charge in [0.15, 0.2) is 11.5 Å².